The van der Waals surface area contributed by atoms with Crippen molar-refractivity contribution in [2.24, 2.45) is 0 Å². The van der Waals surface area contributed by atoms with Gasteiger partial charge < -0.3 is 23.9 Å². The van der Waals surface area contributed by atoms with E-state index >= 15 is 0 Å². The van der Waals surface area contributed by atoms with E-state index in [1.54, 1.807) is 7.11 Å². The highest BCUT2D eigenvalue weighted by Gasteiger charge is 2.49. The van der Waals surface area contributed by atoms with Crippen molar-refractivity contribution in [3.05, 3.63) is 76.1 Å². The molecule has 1 aromatic heterocycles. The molecule has 0 bridgehead atoms. The summed E-state index contributed by atoms with van der Waals surface area (Å²) < 4.78 is 19.6. The number of benzene rings is 2. The van der Waals surface area contributed by atoms with Crippen molar-refractivity contribution in [1.29, 1.82) is 0 Å². The zero-order valence-corrected chi connectivity index (χ0v) is 20.1. The number of carboxylic acid groups (broad SMARTS) is 1. The van der Waals surface area contributed by atoms with Gasteiger partial charge in [0.2, 0.25) is 0 Å². The molecular formula is C28H29NO6. The largest absolute Gasteiger partial charge is 0.493 e. The van der Waals surface area contributed by atoms with Gasteiger partial charge >= 0.3 is 5.97 Å². The molecular weight excluding hydrogens is 446 g/mol. The van der Waals surface area contributed by atoms with Crippen LogP contribution in [-0.2, 0) is 9.47 Å². The van der Waals surface area contributed by atoms with Crippen molar-refractivity contribution in [2.45, 2.75) is 37.8 Å². The first-order chi connectivity index (χ1) is 16.8. The van der Waals surface area contributed by atoms with E-state index in [9.17, 15) is 14.7 Å². The van der Waals surface area contributed by atoms with Crippen LogP contribution in [0.15, 0.2) is 59.5 Å². The summed E-state index contributed by atoms with van der Waals surface area (Å²) >= 11 is 0. The van der Waals surface area contributed by atoms with Crippen molar-refractivity contribution < 1.29 is 24.1 Å². The van der Waals surface area contributed by atoms with Gasteiger partial charge in [-0.2, -0.15) is 0 Å². The number of pyridine rings is 1. The topological polar surface area (TPSA) is 87.0 Å². The molecule has 2 atom stereocenters. The Morgan fingerprint density at radius 2 is 1.91 bits per heavy atom. The molecule has 7 nitrogen and oxygen atoms in total. The standard InChI is InChI=1S/C28H29NO6/c1-28(2)26-22(16-35-28)19-13-25(34-11-7-10-33-3)18(17-8-5-4-6-9-17)12-20(19)23-14-24(30)21(27(31)32)15-29(23)26/h4-6,8-9,12-15,22,26H,7,10-11,16H2,1-3H3,(H,31,32)/t22-,26?/m1/s1. The van der Waals surface area contributed by atoms with Crippen LogP contribution < -0.4 is 10.2 Å². The van der Waals surface area contributed by atoms with Gasteiger partial charge in [0.15, 0.2) is 5.43 Å². The van der Waals surface area contributed by atoms with E-state index in [2.05, 4.69) is 12.1 Å². The smallest absolute Gasteiger partial charge is 0.341 e. The highest BCUT2D eigenvalue weighted by Crippen LogP contribution is 2.54. The molecule has 0 radical (unpaired) electrons. The number of aromatic nitrogens is 1. The number of hydrogen-bond acceptors (Lipinski definition) is 5. The van der Waals surface area contributed by atoms with Gasteiger partial charge in [0.05, 0.1) is 30.6 Å². The first-order valence-corrected chi connectivity index (χ1v) is 11.8. The molecule has 5 rings (SSSR count). The van der Waals surface area contributed by atoms with E-state index in [-0.39, 0.29) is 17.5 Å². The van der Waals surface area contributed by atoms with Gasteiger partial charge in [-0.3, -0.25) is 4.79 Å². The van der Waals surface area contributed by atoms with E-state index in [1.807, 2.05) is 48.7 Å². The molecule has 0 aliphatic carbocycles. The predicted molar refractivity (Wildman–Crippen MR) is 132 cm³/mol. The summed E-state index contributed by atoms with van der Waals surface area (Å²) in [4.78, 5) is 24.5. The van der Waals surface area contributed by atoms with Crippen molar-refractivity contribution in [2.75, 3.05) is 26.9 Å². The van der Waals surface area contributed by atoms with Gasteiger partial charge in [-0.25, -0.2) is 4.79 Å². The molecule has 0 amide bonds. The van der Waals surface area contributed by atoms with Gasteiger partial charge in [0, 0.05) is 49.4 Å². The fourth-order valence-corrected chi connectivity index (χ4v) is 5.38. The molecule has 0 spiro atoms. The van der Waals surface area contributed by atoms with Gasteiger partial charge in [0.25, 0.3) is 0 Å². The second-order valence-corrected chi connectivity index (χ2v) is 9.61. The maximum Gasteiger partial charge on any atom is 0.341 e. The van der Waals surface area contributed by atoms with Crippen molar-refractivity contribution in [3.63, 3.8) is 0 Å². The van der Waals surface area contributed by atoms with Crippen LogP contribution in [0.4, 0.5) is 0 Å². The predicted octanol–water partition coefficient (Wildman–Crippen LogP) is 4.74. The number of carbonyl (C=O) groups is 1. The lowest BCUT2D eigenvalue weighted by Crippen LogP contribution is -2.36. The van der Waals surface area contributed by atoms with Crippen LogP contribution in [0.25, 0.3) is 22.4 Å². The Bertz CT molecular complexity index is 1330. The second kappa shape index (κ2) is 8.98. The third-order valence-corrected chi connectivity index (χ3v) is 7.00. The van der Waals surface area contributed by atoms with Crippen molar-refractivity contribution in [1.82, 2.24) is 4.57 Å². The summed E-state index contributed by atoms with van der Waals surface area (Å²) in [5, 5.41) is 9.61. The Hall–Kier alpha value is -3.42. The lowest BCUT2D eigenvalue weighted by molar-refractivity contribution is 0.0145. The van der Waals surface area contributed by atoms with E-state index in [1.165, 1.54) is 12.3 Å². The minimum absolute atomic E-state index is 0.0113. The Balaban J connectivity index is 1.73. The normalized spacial score (nSPS) is 19.5. The summed E-state index contributed by atoms with van der Waals surface area (Å²) in [7, 11) is 1.67. The van der Waals surface area contributed by atoms with E-state index in [4.69, 9.17) is 14.2 Å². The third kappa shape index (κ3) is 4.05. The number of hydrogen-bond donors (Lipinski definition) is 1. The first-order valence-electron chi connectivity index (χ1n) is 11.8. The average molecular weight is 476 g/mol. The van der Waals surface area contributed by atoms with Crippen molar-refractivity contribution >= 4 is 5.97 Å². The first kappa shape index (κ1) is 23.3. The summed E-state index contributed by atoms with van der Waals surface area (Å²) in [6.45, 7) is 5.63. The van der Waals surface area contributed by atoms with Gasteiger partial charge in [0.1, 0.15) is 11.3 Å². The minimum Gasteiger partial charge on any atom is -0.493 e. The van der Waals surface area contributed by atoms with Gasteiger partial charge in [-0.05, 0) is 37.1 Å². The van der Waals surface area contributed by atoms with Crippen LogP contribution >= 0.6 is 0 Å². The molecule has 0 saturated carbocycles. The summed E-state index contributed by atoms with van der Waals surface area (Å²) in [6, 6.07) is 15.4. The molecule has 3 heterocycles. The number of rotatable bonds is 7. The fraction of sp³-hybridized carbons (Fsp3) is 0.357. The molecule has 182 valence electrons. The van der Waals surface area contributed by atoms with E-state index in [0.29, 0.717) is 25.5 Å². The number of aromatic carboxylic acids is 1. The summed E-state index contributed by atoms with van der Waals surface area (Å²) in [5.41, 5.74) is 3.26. The highest BCUT2D eigenvalue weighted by atomic mass is 16.5. The Morgan fingerprint density at radius 1 is 1.14 bits per heavy atom. The van der Waals surface area contributed by atoms with Crippen LogP contribution in [0.5, 0.6) is 5.75 Å². The number of ether oxygens (including phenoxy) is 3. The molecule has 2 aliphatic rings. The van der Waals surface area contributed by atoms with Crippen LogP contribution in [-0.4, -0.2) is 48.2 Å². The summed E-state index contributed by atoms with van der Waals surface area (Å²) in [5.74, 6) is -0.468. The Kier molecular flexibility index (Phi) is 5.99. The van der Waals surface area contributed by atoms with Crippen molar-refractivity contribution in [3.8, 4) is 28.1 Å². The molecule has 2 aliphatic heterocycles. The minimum atomic E-state index is -1.23. The van der Waals surface area contributed by atoms with Crippen LogP contribution in [0.1, 0.15) is 48.1 Å². The van der Waals surface area contributed by atoms with E-state index < -0.39 is 17.0 Å². The van der Waals surface area contributed by atoms with Crippen LogP contribution in [0.3, 0.4) is 0 Å². The van der Waals surface area contributed by atoms with Gasteiger partial charge in [-0.15, -0.1) is 0 Å². The monoisotopic (exact) mass is 475 g/mol. The molecule has 7 heteroatoms. The average Bonchev–Trinajstić information content (AvgIpc) is 3.17. The number of nitrogens with zero attached hydrogens (tertiary/aromatic N) is 1. The number of methoxy groups -OCH3 is 1. The quantitative estimate of drug-likeness (QED) is 0.497. The maximum absolute atomic E-state index is 12.8. The molecule has 1 fully saturated rings. The highest BCUT2D eigenvalue weighted by molar-refractivity contribution is 5.88. The SMILES string of the molecule is COCCCOc1cc2c(cc1-c1ccccc1)-c1cc(=O)c(C(=O)O)cn1C1[C@@H]2COC1(C)C. The second-order valence-electron chi connectivity index (χ2n) is 9.61. The van der Waals surface area contributed by atoms with E-state index in [0.717, 1.165) is 34.4 Å². The Morgan fingerprint density at radius 3 is 2.63 bits per heavy atom. The summed E-state index contributed by atoms with van der Waals surface area (Å²) in [6.07, 6.45) is 2.24. The molecule has 1 unspecified atom stereocenters. The lowest BCUT2D eigenvalue weighted by atomic mass is 9.78. The number of carboxylic acids is 1. The molecule has 35 heavy (non-hydrogen) atoms. The lowest BCUT2D eigenvalue weighted by Gasteiger charge is -2.38. The van der Waals surface area contributed by atoms with Gasteiger partial charge in [-0.1, -0.05) is 30.3 Å². The third-order valence-electron chi connectivity index (χ3n) is 7.00. The Labute approximate surface area is 203 Å². The van der Waals surface area contributed by atoms with Crippen LogP contribution in [0.2, 0.25) is 0 Å². The molecule has 1 N–H and O–H groups in total. The molecule has 1 saturated heterocycles. The molecule has 2 aromatic carbocycles. The maximum atomic E-state index is 12.8. The molecule has 3 aromatic rings. The zero-order valence-electron chi connectivity index (χ0n) is 20.1. The zero-order chi connectivity index (χ0) is 24.7. The number of fused-ring (bicyclic) bond motifs is 6. The van der Waals surface area contributed by atoms with Crippen LogP contribution in [0, 0.1) is 0 Å². The fourth-order valence-electron chi connectivity index (χ4n) is 5.38.